The zero-order valence-corrected chi connectivity index (χ0v) is 11.7. The van der Waals surface area contributed by atoms with Crippen molar-refractivity contribution in [1.82, 2.24) is 4.98 Å². The molecule has 0 amide bonds. The summed E-state index contributed by atoms with van der Waals surface area (Å²) in [5.41, 5.74) is 6.70. The molecule has 1 unspecified atom stereocenters. The van der Waals surface area contributed by atoms with Crippen LogP contribution in [0, 0.1) is 0 Å². The number of pyridine rings is 1. The average Bonchev–Trinajstić information content (AvgIpc) is 2.74. The first kappa shape index (κ1) is 13.3. The molecular formula is C13H15ClN2OS. The van der Waals surface area contributed by atoms with E-state index in [9.17, 15) is 0 Å². The van der Waals surface area contributed by atoms with E-state index in [-0.39, 0.29) is 6.04 Å². The van der Waals surface area contributed by atoms with Crippen LogP contribution >= 0.6 is 22.9 Å². The molecule has 18 heavy (non-hydrogen) atoms. The molecule has 2 rings (SSSR count). The van der Waals surface area contributed by atoms with Crippen LogP contribution in [0.25, 0.3) is 0 Å². The molecule has 3 nitrogen and oxygen atoms in total. The van der Waals surface area contributed by atoms with Gasteiger partial charge in [0.05, 0.1) is 10.5 Å². The Kier molecular flexibility index (Phi) is 4.58. The Bertz CT molecular complexity index is 496. The molecular weight excluding hydrogens is 268 g/mol. The van der Waals surface area contributed by atoms with Crippen LogP contribution in [0.5, 0.6) is 5.75 Å². The normalized spacial score (nSPS) is 12.4. The fourth-order valence-corrected chi connectivity index (χ4v) is 2.53. The van der Waals surface area contributed by atoms with E-state index in [1.54, 1.807) is 6.20 Å². The van der Waals surface area contributed by atoms with E-state index in [1.165, 1.54) is 11.3 Å². The molecule has 5 heteroatoms. The Morgan fingerprint density at radius 3 is 2.78 bits per heavy atom. The lowest BCUT2D eigenvalue weighted by molar-refractivity contribution is 0.308. The number of ether oxygens (including phenoxy) is 1. The van der Waals surface area contributed by atoms with Crippen molar-refractivity contribution in [2.45, 2.75) is 26.0 Å². The number of nitrogens with two attached hydrogens (primary N) is 1. The van der Waals surface area contributed by atoms with Gasteiger partial charge in [-0.25, -0.2) is 0 Å². The standard InChI is InChI=1S/C13H15ClN2OS/c1-9(15)6-10-2-3-11(7-16-10)17-8-12-4-5-13(14)18-12/h2-5,7,9H,6,8,15H2,1H3. The fraction of sp³-hybridized carbons (Fsp3) is 0.308. The highest BCUT2D eigenvalue weighted by Crippen LogP contribution is 2.22. The molecule has 0 fully saturated rings. The molecule has 0 saturated carbocycles. The number of hydrogen-bond acceptors (Lipinski definition) is 4. The summed E-state index contributed by atoms with van der Waals surface area (Å²) in [6, 6.07) is 7.82. The number of nitrogens with zero attached hydrogens (tertiary/aromatic N) is 1. The Morgan fingerprint density at radius 2 is 2.22 bits per heavy atom. The van der Waals surface area contributed by atoms with Gasteiger partial charge in [0.1, 0.15) is 12.4 Å². The lowest BCUT2D eigenvalue weighted by atomic mass is 10.2. The highest BCUT2D eigenvalue weighted by atomic mass is 35.5. The topological polar surface area (TPSA) is 48.1 Å². The summed E-state index contributed by atoms with van der Waals surface area (Å²) in [5.74, 6) is 0.757. The molecule has 0 radical (unpaired) electrons. The van der Waals surface area contributed by atoms with E-state index < -0.39 is 0 Å². The van der Waals surface area contributed by atoms with E-state index >= 15 is 0 Å². The fourth-order valence-electron chi connectivity index (χ4n) is 1.53. The van der Waals surface area contributed by atoms with Gasteiger partial charge in [0, 0.05) is 23.0 Å². The molecule has 96 valence electrons. The highest BCUT2D eigenvalue weighted by molar-refractivity contribution is 7.16. The molecule has 0 bridgehead atoms. The molecule has 2 aromatic rings. The van der Waals surface area contributed by atoms with Crippen molar-refractivity contribution in [1.29, 1.82) is 0 Å². The smallest absolute Gasteiger partial charge is 0.138 e. The predicted molar refractivity (Wildman–Crippen MR) is 75.3 cm³/mol. The van der Waals surface area contributed by atoms with Gasteiger partial charge in [0.25, 0.3) is 0 Å². The van der Waals surface area contributed by atoms with Crippen molar-refractivity contribution < 1.29 is 4.74 Å². The summed E-state index contributed by atoms with van der Waals surface area (Å²) in [5, 5.41) is 0. The maximum atomic E-state index is 5.85. The maximum absolute atomic E-state index is 5.85. The lowest BCUT2D eigenvalue weighted by Crippen LogP contribution is -2.18. The summed E-state index contributed by atoms with van der Waals surface area (Å²) >= 11 is 7.37. The molecule has 0 spiro atoms. The van der Waals surface area contributed by atoms with Crippen molar-refractivity contribution in [2.75, 3.05) is 0 Å². The van der Waals surface area contributed by atoms with Gasteiger partial charge in [-0.05, 0) is 31.2 Å². The van der Waals surface area contributed by atoms with Gasteiger partial charge < -0.3 is 10.5 Å². The van der Waals surface area contributed by atoms with Crippen LogP contribution in [-0.4, -0.2) is 11.0 Å². The monoisotopic (exact) mass is 282 g/mol. The molecule has 0 aromatic carbocycles. The van der Waals surface area contributed by atoms with Crippen LogP contribution in [-0.2, 0) is 13.0 Å². The van der Waals surface area contributed by atoms with Crippen LogP contribution in [0.4, 0.5) is 0 Å². The first-order valence-electron chi connectivity index (χ1n) is 5.71. The predicted octanol–water partition coefficient (Wildman–Crippen LogP) is 3.27. The van der Waals surface area contributed by atoms with Crippen molar-refractivity contribution >= 4 is 22.9 Å². The third-order valence-corrected chi connectivity index (χ3v) is 3.54. The number of rotatable bonds is 5. The van der Waals surface area contributed by atoms with E-state index in [0.29, 0.717) is 6.61 Å². The summed E-state index contributed by atoms with van der Waals surface area (Å²) < 4.78 is 6.40. The number of halogens is 1. The minimum absolute atomic E-state index is 0.123. The summed E-state index contributed by atoms with van der Waals surface area (Å²) in [6.07, 6.45) is 2.51. The number of thiophene rings is 1. The van der Waals surface area contributed by atoms with Crippen LogP contribution in [0.1, 0.15) is 17.5 Å². The van der Waals surface area contributed by atoms with Gasteiger partial charge in [-0.1, -0.05) is 11.6 Å². The van der Waals surface area contributed by atoms with Crippen molar-refractivity contribution in [3.05, 3.63) is 45.4 Å². The quantitative estimate of drug-likeness (QED) is 0.916. The zero-order chi connectivity index (χ0) is 13.0. The van der Waals surface area contributed by atoms with Crippen molar-refractivity contribution in [3.63, 3.8) is 0 Å². The van der Waals surface area contributed by atoms with Crippen LogP contribution < -0.4 is 10.5 Å². The van der Waals surface area contributed by atoms with Gasteiger partial charge in [0.2, 0.25) is 0 Å². The Morgan fingerprint density at radius 1 is 1.39 bits per heavy atom. The maximum Gasteiger partial charge on any atom is 0.138 e. The molecule has 2 heterocycles. The average molecular weight is 283 g/mol. The second-order valence-electron chi connectivity index (χ2n) is 4.16. The SMILES string of the molecule is CC(N)Cc1ccc(OCc2ccc(Cl)s2)cn1. The van der Waals surface area contributed by atoms with Gasteiger partial charge in [0.15, 0.2) is 0 Å². The second kappa shape index (κ2) is 6.18. The Hall–Kier alpha value is -1.10. The van der Waals surface area contributed by atoms with Gasteiger partial charge in [-0.3, -0.25) is 4.98 Å². The zero-order valence-electron chi connectivity index (χ0n) is 10.1. The summed E-state index contributed by atoms with van der Waals surface area (Å²) in [4.78, 5) is 5.41. The number of aromatic nitrogens is 1. The highest BCUT2D eigenvalue weighted by Gasteiger charge is 2.02. The Labute approximate surface area is 116 Å². The minimum atomic E-state index is 0.123. The van der Waals surface area contributed by atoms with E-state index in [0.717, 1.165) is 27.1 Å². The molecule has 2 N–H and O–H groups in total. The first-order valence-corrected chi connectivity index (χ1v) is 6.90. The largest absolute Gasteiger partial charge is 0.486 e. The molecule has 0 aliphatic heterocycles. The molecule has 1 atom stereocenters. The minimum Gasteiger partial charge on any atom is -0.486 e. The first-order chi connectivity index (χ1) is 8.63. The Balaban J connectivity index is 1.90. The number of hydrogen-bond donors (Lipinski definition) is 1. The van der Waals surface area contributed by atoms with Crippen molar-refractivity contribution in [3.8, 4) is 5.75 Å². The van der Waals surface area contributed by atoms with E-state index in [1.807, 2.05) is 31.2 Å². The lowest BCUT2D eigenvalue weighted by Gasteiger charge is -2.07. The van der Waals surface area contributed by atoms with Gasteiger partial charge in [-0.2, -0.15) is 0 Å². The van der Waals surface area contributed by atoms with E-state index in [2.05, 4.69) is 4.98 Å². The van der Waals surface area contributed by atoms with Crippen LogP contribution in [0.15, 0.2) is 30.5 Å². The van der Waals surface area contributed by atoms with Crippen LogP contribution in [0.3, 0.4) is 0 Å². The summed E-state index contributed by atoms with van der Waals surface area (Å²) in [6.45, 7) is 2.48. The summed E-state index contributed by atoms with van der Waals surface area (Å²) in [7, 11) is 0. The third-order valence-electron chi connectivity index (χ3n) is 2.34. The molecule has 0 aliphatic rings. The van der Waals surface area contributed by atoms with Crippen molar-refractivity contribution in [2.24, 2.45) is 5.73 Å². The van der Waals surface area contributed by atoms with E-state index in [4.69, 9.17) is 22.1 Å². The van der Waals surface area contributed by atoms with Gasteiger partial charge >= 0.3 is 0 Å². The molecule has 2 aromatic heterocycles. The second-order valence-corrected chi connectivity index (χ2v) is 5.96. The van der Waals surface area contributed by atoms with Crippen LogP contribution in [0.2, 0.25) is 4.34 Å². The molecule has 0 saturated heterocycles. The molecule has 0 aliphatic carbocycles. The third kappa shape index (κ3) is 3.98. The van der Waals surface area contributed by atoms with Gasteiger partial charge in [-0.15, -0.1) is 11.3 Å².